The Balaban J connectivity index is 1.63. The third kappa shape index (κ3) is 5.12. The summed E-state index contributed by atoms with van der Waals surface area (Å²) in [6, 6.07) is 21.8. The van der Waals surface area contributed by atoms with Crippen LogP contribution in [0.5, 0.6) is 0 Å². The van der Waals surface area contributed by atoms with Gasteiger partial charge in [0.1, 0.15) is 5.82 Å². The number of rotatable bonds is 6. The van der Waals surface area contributed by atoms with Crippen molar-refractivity contribution in [3.8, 4) is 11.1 Å². The Morgan fingerprint density at radius 3 is 2.19 bits per heavy atom. The molecular formula is C23H20FNO2. The molecule has 0 spiro atoms. The first-order chi connectivity index (χ1) is 13.2. The van der Waals surface area contributed by atoms with Crippen molar-refractivity contribution in [3.63, 3.8) is 0 Å². The van der Waals surface area contributed by atoms with Crippen LogP contribution >= 0.6 is 0 Å². The van der Waals surface area contributed by atoms with Crippen molar-refractivity contribution in [1.29, 1.82) is 0 Å². The van der Waals surface area contributed by atoms with Crippen molar-refractivity contribution in [2.75, 3.05) is 11.9 Å². The van der Waals surface area contributed by atoms with Crippen LogP contribution in [0.1, 0.15) is 11.1 Å². The van der Waals surface area contributed by atoms with Gasteiger partial charge in [0.15, 0.2) is 0 Å². The molecule has 27 heavy (non-hydrogen) atoms. The van der Waals surface area contributed by atoms with E-state index in [1.165, 1.54) is 18.2 Å². The number of aliphatic hydroxyl groups is 1. The smallest absolute Gasteiger partial charge is 0.248 e. The van der Waals surface area contributed by atoms with E-state index < -0.39 is 0 Å². The summed E-state index contributed by atoms with van der Waals surface area (Å²) in [6.07, 6.45) is 3.41. The van der Waals surface area contributed by atoms with Gasteiger partial charge in [0, 0.05) is 23.9 Å². The predicted octanol–water partition coefficient (Wildman–Crippen LogP) is 4.68. The van der Waals surface area contributed by atoms with E-state index in [4.69, 9.17) is 5.11 Å². The monoisotopic (exact) mass is 361 g/mol. The number of amides is 1. The molecule has 3 nitrogen and oxygen atoms in total. The second-order valence-corrected chi connectivity index (χ2v) is 6.09. The van der Waals surface area contributed by atoms with E-state index in [2.05, 4.69) is 5.32 Å². The highest BCUT2D eigenvalue weighted by Gasteiger charge is 2.02. The fourth-order valence-corrected chi connectivity index (χ4v) is 2.70. The van der Waals surface area contributed by atoms with Crippen LogP contribution in [-0.2, 0) is 11.2 Å². The van der Waals surface area contributed by atoms with Gasteiger partial charge in [-0.05, 0) is 47.4 Å². The molecule has 3 rings (SSSR count). The highest BCUT2D eigenvalue weighted by molar-refractivity contribution is 6.02. The van der Waals surface area contributed by atoms with E-state index in [1.54, 1.807) is 18.2 Å². The normalized spacial score (nSPS) is 10.9. The Morgan fingerprint density at radius 2 is 1.56 bits per heavy atom. The van der Waals surface area contributed by atoms with Gasteiger partial charge in [0.25, 0.3) is 0 Å². The molecule has 0 bridgehead atoms. The maximum Gasteiger partial charge on any atom is 0.248 e. The third-order valence-corrected chi connectivity index (χ3v) is 4.16. The fourth-order valence-electron chi connectivity index (χ4n) is 2.70. The van der Waals surface area contributed by atoms with Crippen LogP contribution in [0.15, 0.2) is 78.9 Å². The molecule has 136 valence electrons. The standard InChI is InChI=1S/C23H20FNO2/c24-22-4-2-1-3-20(22)11-14-23(27)25-21-12-9-19(10-13-21)18-7-5-17(6-8-18)15-16-26/h1-14,26H,15-16H2,(H,25,27)/b14-11+. The van der Waals surface area contributed by atoms with E-state index >= 15 is 0 Å². The number of benzene rings is 3. The molecule has 3 aromatic rings. The van der Waals surface area contributed by atoms with E-state index in [1.807, 2.05) is 48.5 Å². The van der Waals surface area contributed by atoms with Crippen LogP contribution < -0.4 is 5.32 Å². The minimum atomic E-state index is -0.365. The van der Waals surface area contributed by atoms with Gasteiger partial charge >= 0.3 is 0 Å². The molecule has 0 aliphatic carbocycles. The number of halogens is 1. The van der Waals surface area contributed by atoms with Gasteiger partial charge in [0.05, 0.1) is 0 Å². The van der Waals surface area contributed by atoms with E-state index in [0.717, 1.165) is 16.7 Å². The number of carbonyl (C=O) groups is 1. The summed E-state index contributed by atoms with van der Waals surface area (Å²) in [5.74, 6) is -0.685. The van der Waals surface area contributed by atoms with E-state index in [9.17, 15) is 9.18 Å². The van der Waals surface area contributed by atoms with Crippen LogP contribution in [0.3, 0.4) is 0 Å². The van der Waals surface area contributed by atoms with E-state index in [-0.39, 0.29) is 18.3 Å². The van der Waals surface area contributed by atoms with Crippen LogP contribution in [0.2, 0.25) is 0 Å². The minimum Gasteiger partial charge on any atom is -0.396 e. The Bertz CT molecular complexity index is 931. The predicted molar refractivity (Wildman–Crippen MR) is 107 cm³/mol. The molecule has 0 radical (unpaired) electrons. The lowest BCUT2D eigenvalue weighted by molar-refractivity contribution is -0.111. The van der Waals surface area contributed by atoms with Crippen molar-refractivity contribution < 1.29 is 14.3 Å². The van der Waals surface area contributed by atoms with Crippen molar-refractivity contribution >= 4 is 17.7 Å². The Labute approximate surface area is 157 Å². The second kappa shape index (κ2) is 8.92. The van der Waals surface area contributed by atoms with Crippen molar-refractivity contribution in [1.82, 2.24) is 0 Å². The molecule has 0 aliphatic rings. The largest absolute Gasteiger partial charge is 0.396 e. The first-order valence-electron chi connectivity index (χ1n) is 8.69. The zero-order valence-corrected chi connectivity index (χ0v) is 14.7. The van der Waals surface area contributed by atoms with Gasteiger partial charge in [-0.15, -0.1) is 0 Å². The summed E-state index contributed by atoms with van der Waals surface area (Å²) in [7, 11) is 0. The minimum absolute atomic E-state index is 0.138. The number of nitrogens with one attached hydrogen (secondary N) is 1. The summed E-state index contributed by atoms with van der Waals surface area (Å²) < 4.78 is 13.5. The maximum atomic E-state index is 13.5. The Morgan fingerprint density at radius 1 is 0.926 bits per heavy atom. The van der Waals surface area contributed by atoms with Gasteiger partial charge in [-0.3, -0.25) is 4.79 Å². The molecule has 0 atom stereocenters. The number of anilines is 1. The number of hydrogen-bond acceptors (Lipinski definition) is 2. The first kappa shape index (κ1) is 18.5. The number of aliphatic hydroxyl groups excluding tert-OH is 1. The average molecular weight is 361 g/mol. The summed E-state index contributed by atoms with van der Waals surface area (Å²) in [5, 5.41) is 11.7. The molecule has 0 aromatic heterocycles. The first-order valence-corrected chi connectivity index (χ1v) is 8.69. The average Bonchev–Trinajstić information content (AvgIpc) is 2.69. The Kier molecular flexibility index (Phi) is 6.13. The van der Waals surface area contributed by atoms with Crippen molar-refractivity contribution in [2.24, 2.45) is 0 Å². The molecule has 2 N–H and O–H groups in total. The lowest BCUT2D eigenvalue weighted by atomic mass is 10.0. The maximum absolute atomic E-state index is 13.5. The molecule has 0 heterocycles. The van der Waals surface area contributed by atoms with E-state index in [0.29, 0.717) is 17.7 Å². The molecule has 0 fully saturated rings. The van der Waals surface area contributed by atoms with Crippen LogP contribution in [0.25, 0.3) is 17.2 Å². The highest BCUT2D eigenvalue weighted by Crippen LogP contribution is 2.22. The highest BCUT2D eigenvalue weighted by atomic mass is 19.1. The van der Waals surface area contributed by atoms with Crippen molar-refractivity contribution in [2.45, 2.75) is 6.42 Å². The third-order valence-electron chi connectivity index (χ3n) is 4.16. The molecule has 0 unspecified atom stereocenters. The number of carbonyl (C=O) groups excluding carboxylic acids is 1. The summed E-state index contributed by atoms with van der Waals surface area (Å²) in [5.41, 5.74) is 4.22. The summed E-state index contributed by atoms with van der Waals surface area (Å²) in [6.45, 7) is 0.138. The molecule has 3 aromatic carbocycles. The molecule has 4 heteroatoms. The molecule has 0 aliphatic heterocycles. The quantitative estimate of drug-likeness (QED) is 0.626. The van der Waals surface area contributed by atoms with Crippen LogP contribution in [0, 0.1) is 5.82 Å². The fraction of sp³-hybridized carbons (Fsp3) is 0.0870. The molecule has 0 saturated heterocycles. The second-order valence-electron chi connectivity index (χ2n) is 6.09. The summed E-state index contributed by atoms with van der Waals surface area (Å²) >= 11 is 0. The Hall–Kier alpha value is -3.24. The topological polar surface area (TPSA) is 49.3 Å². The lowest BCUT2D eigenvalue weighted by Crippen LogP contribution is -2.07. The zero-order chi connectivity index (χ0) is 19.1. The molecule has 1 amide bonds. The summed E-state index contributed by atoms with van der Waals surface area (Å²) in [4.78, 5) is 12.0. The van der Waals surface area contributed by atoms with Crippen LogP contribution in [0.4, 0.5) is 10.1 Å². The SMILES string of the molecule is O=C(/C=C/c1ccccc1F)Nc1ccc(-c2ccc(CCO)cc2)cc1. The van der Waals surface area contributed by atoms with Gasteiger partial charge in [-0.25, -0.2) is 4.39 Å². The zero-order valence-electron chi connectivity index (χ0n) is 14.7. The lowest BCUT2D eigenvalue weighted by Gasteiger charge is -2.06. The molecule has 0 saturated carbocycles. The van der Waals surface area contributed by atoms with Gasteiger partial charge < -0.3 is 10.4 Å². The van der Waals surface area contributed by atoms with Crippen LogP contribution in [-0.4, -0.2) is 17.6 Å². The van der Waals surface area contributed by atoms with Crippen molar-refractivity contribution in [3.05, 3.63) is 95.8 Å². The van der Waals surface area contributed by atoms with Gasteiger partial charge in [-0.1, -0.05) is 54.6 Å². The van der Waals surface area contributed by atoms with Gasteiger partial charge in [-0.2, -0.15) is 0 Å². The number of hydrogen-bond donors (Lipinski definition) is 2. The van der Waals surface area contributed by atoms with Gasteiger partial charge in [0.2, 0.25) is 5.91 Å². The molecular weight excluding hydrogens is 341 g/mol.